The zero-order valence-corrected chi connectivity index (χ0v) is 15.3. The first-order chi connectivity index (χ1) is 10.8. The van der Waals surface area contributed by atoms with Gasteiger partial charge in [0.15, 0.2) is 5.96 Å². The Morgan fingerprint density at radius 1 is 1.17 bits per heavy atom. The van der Waals surface area contributed by atoms with Crippen LogP contribution in [0.4, 0.5) is 13.2 Å². The molecule has 0 heterocycles. The highest BCUT2D eigenvalue weighted by Crippen LogP contribution is 2.37. The van der Waals surface area contributed by atoms with Crippen LogP contribution < -0.4 is 15.4 Å². The zero-order chi connectivity index (χ0) is 18.6. The minimum Gasteiger partial charge on any atom is -0.355 e. The standard InChI is InChI=1S/C14H27F3N4O2S/c1-13(2,21-24(4,22)23)9-19-12(18-3)20-11-7-5-10(6-8-11)14(15,16)17/h10-11,21H,5-9H2,1-4H3,(H2,18,19,20). The highest BCUT2D eigenvalue weighted by atomic mass is 32.2. The van der Waals surface area contributed by atoms with E-state index in [2.05, 4.69) is 20.3 Å². The summed E-state index contributed by atoms with van der Waals surface area (Å²) in [5, 5.41) is 6.12. The molecule has 24 heavy (non-hydrogen) atoms. The number of alkyl halides is 3. The first-order valence-corrected chi connectivity index (χ1v) is 9.74. The molecule has 6 nitrogen and oxygen atoms in total. The Hall–Kier alpha value is -1.03. The molecule has 0 atom stereocenters. The summed E-state index contributed by atoms with van der Waals surface area (Å²) >= 11 is 0. The van der Waals surface area contributed by atoms with Crippen molar-refractivity contribution in [3.63, 3.8) is 0 Å². The quantitative estimate of drug-likeness (QED) is 0.506. The molecule has 0 aromatic carbocycles. The fraction of sp³-hybridized carbons (Fsp3) is 0.929. The summed E-state index contributed by atoms with van der Waals surface area (Å²) in [6.45, 7) is 3.74. The molecule has 0 amide bonds. The maximum absolute atomic E-state index is 12.7. The van der Waals surface area contributed by atoms with Gasteiger partial charge in [0, 0.05) is 25.2 Å². The molecule has 0 bridgehead atoms. The fourth-order valence-electron chi connectivity index (χ4n) is 2.80. The summed E-state index contributed by atoms with van der Waals surface area (Å²) in [7, 11) is -1.78. The molecule has 0 aliphatic heterocycles. The van der Waals surface area contributed by atoms with Gasteiger partial charge in [0.05, 0.1) is 12.2 Å². The summed E-state index contributed by atoms with van der Waals surface area (Å²) in [5.74, 6) is -0.766. The lowest BCUT2D eigenvalue weighted by atomic mass is 9.85. The van der Waals surface area contributed by atoms with Crippen LogP contribution in [0.15, 0.2) is 4.99 Å². The highest BCUT2D eigenvalue weighted by Gasteiger charge is 2.41. The summed E-state index contributed by atoms with van der Waals surface area (Å²) in [5.41, 5.74) is -0.723. The molecule has 0 aromatic heterocycles. The summed E-state index contributed by atoms with van der Waals surface area (Å²) in [6.07, 6.45) is -1.96. The molecular formula is C14H27F3N4O2S. The van der Waals surface area contributed by atoms with Gasteiger partial charge in [0.2, 0.25) is 10.0 Å². The van der Waals surface area contributed by atoms with E-state index < -0.39 is 27.7 Å². The van der Waals surface area contributed by atoms with Crippen molar-refractivity contribution in [2.24, 2.45) is 10.9 Å². The number of hydrogen-bond acceptors (Lipinski definition) is 3. The van der Waals surface area contributed by atoms with E-state index in [9.17, 15) is 21.6 Å². The number of nitrogens with one attached hydrogen (secondary N) is 3. The van der Waals surface area contributed by atoms with Crippen molar-refractivity contribution in [3.05, 3.63) is 0 Å². The molecule has 1 rings (SSSR count). The van der Waals surface area contributed by atoms with Crippen LogP contribution in [-0.4, -0.2) is 52.0 Å². The molecule has 0 saturated heterocycles. The number of rotatable bonds is 5. The van der Waals surface area contributed by atoms with E-state index in [1.807, 2.05) is 0 Å². The third-order valence-electron chi connectivity index (χ3n) is 3.91. The Balaban J connectivity index is 2.47. The van der Waals surface area contributed by atoms with Crippen molar-refractivity contribution >= 4 is 16.0 Å². The number of hydrogen-bond donors (Lipinski definition) is 3. The van der Waals surface area contributed by atoms with E-state index in [0.29, 0.717) is 18.8 Å². The van der Waals surface area contributed by atoms with Gasteiger partial charge in [-0.25, -0.2) is 13.1 Å². The van der Waals surface area contributed by atoms with Crippen molar-refractivity contribution in [1.82, 2.24) is 15.4 Å². The number of guanidine groups is 1. The Kier molecular flexibility index (Phi) is 6.92. The average Bonchev–Trinajstić information content (AvgIpc) is 2.40. The predicted molar refractivity (Wildman–Crippen MR) is 88.4 cm³/mol. The normalized spacial score (nSPS) is 23.9. The molecule has 0 unspecified atom stereocenters. The van der Waals surface area contributed by atoms with Gasteiger partial charge in [-0.2, -0.15) is 13.2 Å². The second-order valence-electron chi connectivity index (χ2n) is 6.92. The maximum Gasteiger partial charge on any atom is 0.391 e. The third kappa shape index (κ3) is 7.69. The van der Waals surface area contributed by atoms with Crippen LogP contribution in [-0.2, 0) is 10.0 Å². The van der Waals surface area contributed by atoms with E-state index in [1.165, 1.54) is 0 Å². The lowest BCUT2D eigenvalue weighted by molar-refractivity contribution is -0.182. The molecule has 1 saturated carbocycles. The van der Waals surface area contributed by atoms with E-state index in [1.54, 1.807) is 20.9 Å². The second kappa shape index (κ2) is 7.90. The molecule has 0 radical (unpaired) electrons. The Morgan fingerprint density at radius 2 is 1.71 bits per heavy atom. The van der Waals surface area contributed by atoms with Crippen LogP contribution in [0.3, 0.4) is 0 Å². The van der Waals surface area contributed by atoms with Crippen molar-refractivity contribution < 1.29 is 21.6 Å². The van der Waals surface area contributed by atoms with Crippen LogP contribution >= 0.6 is 0 Å². The zero-order valence-electron chi connectivity index (χ0n) is 14.5. The minimum absolute atomic E-state index is 0.0687. The van der Waals surface area contributed by atoms with Crippen molar-refractivity contribution in [2.75, 3.05) is 19.8 Å². The van der Waals surface area contributed by atoms with Crippen molar-refractivity contribution in [2.45, 2.75) is 57.3 Å². The topological polar surface area (TPSA) is 82.6 Å². The molecule has 10 heteroatoms. The van der Waals surface area contributed by atoms with Gasteiger partial charge >= 0.3 is 6.18 Å². The van der Waals surface area contributed by atoms with Crippen LogP contribution in [0.25, 0.3) is 0 Å². The van der Waals surface area contributed by atoms with Crippen LogP contribution in [0.5, 0.6) is 0 Å². The number of sulfonamides is 1. The SMILES string of the molecule is CN=C(NCC(C)(C)NS(C)(=O)=O)NC1CCC(C(F)(F)F)CC1. The van der Waals surface area contributed by atoms with E-state index in [0.717, 1.165) is 6.26 Å². The van der Waals surface area contributed by atoms with E-state index in [-0.39, 0.29) is 25.4 Å². The lowest BCUT2D eigenvalue weighted by Gasteiger charge is -2.32. The Bertz CT molecular complexity index is 539. The second-order valence-corrected chi connectivity index (χ2v) is 8.67. The van der Waals surface area contributed by atoms with Gasteiger partial charge in [-0.1, -0.05) is 0 Å². The first kappa shape index (κ1) is 21.0. The molecule has 0 aromatic rings. The van der Waals surface area contributed by atoms with Crippen molar-refractivity contribution in [3.8, 4) is 0 Å². The van der Waals surface area contributed by atoms with E-state index in [4.69, 9.17) is 0 Å². The maximum atomic E-state index is 12.7. The Morgan fingerprint density at radius 3 is 2.12 bits per heavy atom. The van der Waals surface area contributed by atoms with Gasteiger partial charge in [0.1, 0.15) is 0 Å². The molecule has 1 aliphatic carbocycles. The molecule has 1 fully saturated rings. The average molecular weight is 372 g/mol. The van der Waals surface area contributed by atoms with Gasteiger partial charge in [-0.05, 0) is 39.5 Å². The van der Waals surface area contributed by atoms with E-state index >= 15 is 0 Å². The first-order valence-electron chi connectivity index (χ1n) is 7.85. The molecule has 142 valence electrons. The number of nitrogens with zero attached hydrogens (tertiary/aromatic N) is 1. The molecule has 1 aliphatic rings. The van der Waals surface area contributed by atoms with Gasteiger partial charge in [0.25, 0.3) is 0 Å². The molecule has 3 N–H and O–H groups in total. The molecular weight excluding hydrogens is 345 g/mol. The van der Waals surface area contributed by atoms with Crippen LogP contribution in [0.2, 0.25) is 0 Å². The monoisotopic (exact) mass is 372 g/mol. The predicted octanol–water partition coefficient (Wildman–Crippen LogP) is 1.60. The van der Waals surface area contributed by atoms with Gasteiger partial charge < -0.3 is 10.6 Å². The minimum atomic E-state index is -4.12. The highest BCUT2D eigenvalue weighted by molar-refractivity contribution is 7.88. The van der Waals surface area contributed by atoms with Gasteiger partial charge in [-0.15, -0.1) is 0 Å². The fourth-order valence-corrected chi connectivity index (χ4v) is 3.87. The lowest BCUT2D eigenvalue weighted by Crippen LogP contribution is -2.54. The summed E-state index contributed by atoms with van der Waals surface area (Å²) in [4.78, 5) is 4.04. The summed E-state index contributed by atoms with van der Waals surface area (Å²) < 4.78 is 63.1. The number of aliphatic imine (C=N–C) groups is 1. The largest absolute Gasteiger partial charge is 0.391 e. The number of halogens is 3. The van der Waals surface area contributed by atoms with Crippen molar-refractivity contribution in [1.29, 1.82) is 0 Å². The smallest absolute Gasteiger partial charge is 0.355 e. The third-order valence-corrected chi connectivity index (χ3v) is 4.84. The Labute approximate surface area is 141 Å². The van der Waals surface area contributed by atoms with Crippen LogP contribution in [0, 0.1) is 5.92 Å². The molecule has 0 spiro atoms. The van der Waals surface area contributed by atoms with Gasteiger partial charge in [-0.3, -0.25) is 4.99 Å². The summed E-state index contributed by atoms with van der Waals surface area (Å²) in [6, 6.07) is -0.0687. The van der Waals surface area contributed by atoms with Crippen LogP contribution in [0.1, 0.15) is 39.5 Å².